The molecule has 1 atom stereocenters. The Hall–Kier alpha value is -2.04. The van der Waals surface area contributed by atoms with Crippen molar-refractivity contribution >= 4 is 0 Å². The molecule has 1 fully saturated rings. The molecule has 1 nitrogen and oxygen atoms in total. The second kappa shape index (κ2) is 6.81. The van der Waals surface area contributed by atoms with Crippen LogP contribution in [0.4, 0.5) is 0 Å². The fourth-order valence-electron chi connectivity index (χ4n) is 3.15. The van der Waals surface area contributed by atoms with E-state index in [1.807, 2.05) is 18.2 Å². The maximum absolute atomic E-state index is 3.57. The van der Waals surface area contributed by atoms with Crippen LogP contribution in [0.1, 0.15) is 37.3 Å². The van der Waals surface area contributed by atoms with E-state index in [0.29, 0.717) is 0 Å². The van der Waals surface area contributed by atoms with E-state index in [1.54, 1.807) is 0 Å². The summed E-state index contributed by atoms with van der Waals surface area (Å²) in [7, 11) is 0. The van der Waals surface area contributed by atoms with E-state index in [-0.39, 0.29) is 5.54 Å². The summed E-state index contributed by atoms with van der Waals surface area (Å²) in [5.74, 6) is 6.96. The van der Waals surface area contributed by atoms with E-state index in [0.717, 1.165) is 18.7 Å². The lowest BCUT2D eigenvalue weighted by Gasteiger charge is -2.40. The maximum atomic E-state index is 3.57. The minimum atomic E-state index is -0.211. The van der Waals surface area contributed by atoms with Gasteiger partial charge >= 0.3 is 0 Å². The summed E-state index contributed by atoms with van der Waals surface area (Å²) in [5.41, 5.74) is 2.17. The van der Waals surface area contributed by atoms with E-state index >= 15 is 0 Å². The molecule has 0 spiro atoms. The molecule has 22 heavy (non-hydrogen) atoms. The van der Waals surface area contributed by atoms with Crippen LogP contribution in [-0.2, 0) is 5.54 Å². The molecular weight excluding hydrogens is 266 g/mol. The molecule has 1 heterocycles. The van der Waals surface area contributed by atoms with E-state index < -0.39 is 0 Å². The molecule has 0 aromatic heterocycles. The lowest BCUT2D eigenvalue weighted by molar-refractivity contribution is 0.125. The van der Waals surface area contributed by atoms with E-state index in [1.165, 1.54) is 24.8 Å². The van der Waals surface area contributed by atoms with Gasteiger partial charge in [0.05, 0.1) is 0 Å². The second-order valence-electron chi connectivity index (χ2n) is 6.10. The highest BCUT2D eigenvalue weighted by molar-refractivity contribution is 5.41. The van der Waals surface area contributed by atoms with Gasteiger partial charge in [0.25, 0.3) is 0 Å². The van der Waals surface area contributed by atoms with Crippen molar-refractivity contribution in [1.29, 1.82) is 0 Å². The molecule has 0 radical (unpaired) electrons. The summed E-state index contributed by atoms with van der Waals surface area (Å²) in [6.07, 6.45) is 3.89. The molecular formula is C21H23N. The third kappa shape index (κ3) is 3.24. The Morgan fingerprint density at radius 2 is 1.41 bits per heavy atom. The minimum absolute atomic E-state index is 0.211. The van der Waals surface area contributed by atoms with Crippen molar-refractivity contribution in [2.45, 2.75) is 31.7 Å². The van der Waals surface area contributed by atoms with E-state index in [2.05, 4.69) is 66.1 Å². The molecule has 1 unspecified atom stereocenters. The summed E-state index contributed by atoms with van der Waals surface area (Å²) in [5, 5.41) is 0. The number of hydrogen-bond acceptors (Lipinski definition) is 1. The monoisotopic (exact) mass is 289 g/mol. The zero-order valence-corrected chi connectivity index (χ0v) is 13.3. The van der Waals surface area contributed by atoms with Crippen LogP contribution in [0.25, 0.3) is 0 Å². The van der Waals surface area contributed by atoms with Crippen molar-refractivity contribution in [1.82, 2.24) is 4.90 Å². The number of rotatable bonds is 2. The molecule has 2 aromatic carbocycles. The van der Waals surface area contributed by atoms with Gasteiger partial charge in [-0.2, -0.15) is 0 Å². The van der Waals surface area contributed by atoms with Crippen molar-refractivity contribution in [3.8, 4) is 11.8 Å². The first-order chi connectivity index (χ1) is 10.8. The van der Waals surface area contributed by atoms with Gasteiger partial charge in [-0.3, -0.25) is 4.90 Å². The first-order valence-corrected chi connectivity index (χ1v) is 8.18. The van der Waals surface area contributed by atoms with Gasteiger partial charge in [-0.05, 0) is 50.6 Å². The smallest absolute Gasteiger partial charge is 0.106 e. The molecule has 0 saturated carbocycles. The van der Waals surface area contributed by atoms with Gasteiger partial charge in [-0.15, -0.1) is 0 Å². The SMILES string of the molecule is CC(C#Cc1ccccc1)(c1ccccc1)N1CCCCC1. The fourth-order valence-corrected chi connectivity index (χ4v) is 3.15. The molecule has 1 aliphatic rings. The van der Waals surface area contributed by atoms with Crippen LogP contribution in [-0.4, -0.2) is 18.0 Å². The van der Waals surface area contributed by atoms with Gasteiger partial charge in [-0.25, -0.2) is 0 Å². The number of nitrogens with zero attached hydrogens (tertiary/aromatic N) is 1. The Balaban J connectivity index is 1.98. The Labute approximate surface area is 134 Å². The van der Waals surface area contributed by atoms with Gasteiger partial charge in [-0.1, -0.05) is 66.8 Å². The third-order valence-corrected chi connectivity index (χ3v) is 4.55. The molecule has 0 N–H and O–H groups in total. The Morgan fingerprint density at radius 1 is 0.818 bits per heavy atom. The second-order valence-corrected chi connectivity index (χ2v) is 6.10. The van der Waals surface area contributed by atoms with Gasteiger partial charge in [0.1, 0.15) is 5.54 Å². The fraction of sp³-hybridized carbons (Fsp3) is 0.333. The van der Waals surface area contributed by atoms with Crippen LogP contribution in [0.3, 0.4) is 0 Å². The van der Waals surface area contributed by atoms with Crippen LogP contribution in [0.5, 0.6) is 0 Å². The van der Waals surface area contributed by atoms with Gasteiger partial charge < -0.3 is 0 Å². The van der Waals surface area contributed by atoms with Gasteiger partial charge in [0, 0.05) is 5.56 Å². The Kier molecular flexibility index (Phi) is 4.61. The van der Waals surface area contributed by atoms with E-state index in [4.69, 9.17) is 0 Å². The lowest BCUT2D eigenvalue weighted by Crippen LogP contribution is -2.45. The molecule has 0 amide bonds. The number of benzene rings is 2. The van der Waals surface area contributed by atoms with Gasteiger partial charge in [0.2, 0.25) is 0 Å². The quantitative estimate of drug-likeness (QED) is 0.739. The normalized spacial score (nSPS) is 18.0. The van der Waals surface area contributed by atoms with Crippen molar-refractivity contribution < 1.29 is 0 Å². The highest BCUT2D eigenvalue weighted by atomic mass is 15.2. The van der Waals surface area contributed by atoms with Crippen molar-refractivity contribution in [3.63, 3.8) is 0 Å². The Morgan fingerprint density at radius 3 is 2.05 bits per heavy atom. The first kappa shape index (κ1) is 14.9. The summed E-state index contributed by atoms with van der Waals surface area (Å²) in [6.45, 7) is 4.54. The molecule has 0 aliphatic carbocycles. The first-order valence-electron chi connectivity index (χ1n) is 8.18. The standard InChI is InChI=1S/C21H23N/c1-21(20-13-7-3-8-14-20,22-17-9-4-10-18-22)16-15-19-11-5-2-6-12-19/h2-3,5-8,11-14H,4,9-10,17-18H2,1H3. The number of piperidine rings is 1. The summed E-state index contributed by atoms with van der Waals surface area (Å²) in [4.78, 5) is 2.54. The highest BCUT2D eigenvalue weighted by Gasteiger charge is 2.32. The molecule has 112 valence electrons. The van der Waals surface area contributed by atoms with Gasteiger partial charge in [0.15, 0.2) is 0 Å². The van der Waals surface area contributed by atoms with Crippen LogP contribution >= 0.6 is 0 Å². The average molecular weight is 289 g/mol. The molecule has 3 rings (SSSR count). The lowest BCUT2D eigenvalue weighted by atomic mass is 9.88. The summed E-state index contributed by atoms with van der Waals surface area (Å²) in [6, 6.07) is 21.0. The maximum Gasteiger partial charge on any atom is 0.106 e. The van der Waals surface area contributed by atoms with Crippen molar-refractivity contribution in [2.24, 2.45) is 0 Å². The zero-order valence-electron chi connectivity index (χ0n) is 13.3. The number of likely N-dealkylation sites (tertiary alicyclic amines) is 1. The number of hydrogen-bond donors (Lipinski definition) is 0. The van der Waals surface area contributed by atoms with Crippen LogP contribution < -0.4 is 0 Å². The molecule has 1 aliphatic heterocycles. The minimum Gasteiger partial charge on any atom is -0.284 e. The Bertz CT molecular complexity index is 645. The van der Waals surface area contributed by atoms with Crippen LogP contribution in [0.15, 0.2) is 60.7 Å². The predicted molar refractivity (Wildman–Crippen MR) is 92.5 cm³/mol. The van der Waals surface area contributed by atoms with Crippen molar-refractivity contribution in [3.05, 3.63) is 71.8 Å². The third-order valence-electron chi connectivity index (χ3n) is 4.55. The summed E-state index contributed by atoms with van der Waals surface area (Å²) >= 11 is 0. The molecule has 1 saturated heterocycles. The summed E-state index contributed by atoms with van der Waals surface area (Å²) < 4.78 is 0. The topological polar surface area (TPSA) is 3.24 Å². The van der Waals surface area contributed by atoms with E-state index in [9.17, 15) is 0 Å². The van der Waals surface area contributed by atoms with Crippen LogP contribution in [0.2, 0.25) is 0 Å². The average Bonchev–Trinajstić information content (AvgIpc) is 2.62. The predicted octanol–water partition coefficient (Wildman–Crippen LogP) is 4.44. The molecule has 1 heteroatoms. The van der Waals surface area contributed by atoms with Crippen molar-refractivity contribution in [2.75, 3.05) is 13.1 Å². The highest BCUT2D eigenvalue weighted by Crippen LogP contribution is 2.30. The largest absolute Gasteiger partial charge is 0.284 e. The molecule has 2 aromatic rings. The zero-order chi connectivity index (χ0) is 15.3. The molecule has 0 bridgehead atoms. The van der Waals surface area contributed by atoms with Crippen LogP contribution in [0, 0.1) is 11.8 Å².